The summed E-state index contributed by atoms with van der Waals surface area (Å²) in [4.78, 5) is 4.35. The van der Waals surface area contributed by atoms with Crippen LogP contribution in [0.25, 0.3) is 16.7 Å². The van der Waals surface area contributed by atoms with Crippen LogP contribution in [0.15, 0.2) is 6.33 Å². The van der Waals surface area contributed by atoms with E-state index in [0.29, 0.717) is 11.7 Å². The summed E-state index contributed by atoms with van der Waals surface area (Å²) in [6.45, 7) is 1.92. The molecule has 0 bridgehead atoms. The van der Waals surface area contributed by atoms with E-state index in [1.165, 1.54) is 0 Å². The standard InChI is InChI=1S/C9H9ClN6/c1-5-7-8(15(2)14-5)9-13-12-6(3-10)16(9)4-11-7/h4H,3H2,1-2H3. The van der Waals surface area contributed by atoms with Crippen molar-refractivity contribution in [2.45, 2.75) is 12.8 Å². The maximum Gasteiger partial charge on any atom is 0.189 e. The summed E-state index contributed by atoms with van der Waals surface area (Å²) >= 11 is 5.77. The van der Waals surface area contributed by atoms with Gasteiger partial charge in [0.1, 0.15) is 17.4 Å². The maximum absolute atomic E-state index is 5.77. The molecule has 0 aromatic carbocycles. The summed E-state index contributed by atoms with van der Waals surface area (Å²) < 4.78 is 3.55. The van der Waals surface area contributed by atoms with Crippen molar-refractivity contribution >= 4 is 28.3 Å². The zero-order chi connectivity index (χ0) is 11.3. The minimum Gasteiger partial charge on any atom is -0.266 e. The van der Waals surface area contributed by atoms with Crippen molar-refractivity contribution < 1.29 is 0 Å². The molecule has 0 aliphatic rings. The van der Waals surface area contributed by atoms with Crippen molar-refractivity contribution in [3.63, 3.8) is 0 Å². The van der Waals surface area contributed by atoms with E-state index in [2.05, 4.69) is 20.3 Å². The summed E-state index contributed by atoms with van der Waals surface area (Å²) in [5.74, 6) is 0.996. The van der Waals surface area contributed by atoms with Gasteiger partial charge in [-0.25, -0.2) is 4.98 Å². The number of fused-ring (bicyclic) bond motifs is 3. The van der Waals surface area contributed by atoms with Crippen molar-refractivity contribution in [1.82, 2.24) is 29.4 Å². The van der Waals surface area contributed by atoms with Gasteiger partial charge in [-0.2, -0.15) is 5.10 Å². The van der Waals surface area contributed by atoms with Crippen LogP contribution in [0.4, 0.5) is 0 Å². The highest BCUT2D eigenvalue weighted by Gasteiger charge is 2.14. The first-order valence-corrected chi connectivity index (χ1v) is 5.33. The molecule has 3 aromatic heterocycles. The van der Waals surface area contributed by atoms with Crippen LogP contribution in [0.1, 0.15) is 11.5 Å². The van der Waals surface area contributed by atoms with Gasteiger partial charge in [0.05, 0.1) is 11.6 Å². The largest absolute Gasteiger partial charge is 0.266 e. The molecule has 0 saturated carbocycles. The lowest BCUT2D eigenvalue weighted by atomic mass is 10.3. The Morgan fingerprint density at radius 1 is 1.38 bits per heavy atom. The lowest BCUT2D eigenvalue weighted by Gasteiger charge is -1.97. The fraction of sp³-hybridized carbons (Fsp3) is 0.333. The van der Waals surface area contributed by atoms with Crippen molar-refractivity contribution in [1.29, 1.82) is 0 Å². The third-order valence-corrected chi connectivity index (χ3v) is 2.83. The highest BCUT2D eigenvalue weighted by molar-refractivity contribution is 6.16. The Kier molecular flexibility index (Phi) is 1.88. The maximum atomic E-state index is 5.77. The second kappa shape index (κ2) is 3.15. The van der Waals surface area contributed by atoms with Crippen molar-refractivity contribution in [3.05, 3.63) is 17.8 Å². The van der Waals surface area contributed by atoms with Gasteiger partial charge in [0.25, 0.3) is 0 Å². The lowest BCUT2D eigenvalue weighted by molar-refractivity contribution is 0.783. The molecule has 0 aliphatic carbocycles. The number of rotatable bonds is 1. The Morgan fingerprint density at radius 2 is 2.19 bits per heavy atom. The van der Waals surface area contributed by atoms with Crippen LogP contribution in [-0.4, -0.2) is 29.4 Å². The molecule has 0 N–H and O–H groups in total. The Labute approximate surface area is 95.9 Å². The van der Waals surface area contributed by atoms with E-state index < -0.39 is 0 Å². The van der Waals surface area contributed by atoms with Gasteiger partial charge in [0.2, 0.25) is 0 Å². The molecule has 3 heterocycles. The molecule has 16 heavy (non-hydrogen) atoms. The molecule has 0 fully saturated rings. The Hall–Kier alpha value is -1.69. The minimum atomic E-state index is 0.311. The summed E-state index contributed by atoms with van der Waals surface area (Å²) in [5, 5.41) is 12.4. The van der Waals surface area contributed by atoms with Crippen LogP contribution in [0.2, 0.25) is 0 Å². The number of nitrogens with zero attached hydrogens (tertiary/aromatic N) is 6. The number of aromatic nitrogens is 6. The normalized spacial score (nSPS) is 11.7. The topological polar surface area (TPSA) is 60.9 Å². The predicted molar refractivity (Wildman–Crippen MR) is 59.3 cm³/mol. The molecule has 7 heteroatoms. The number of aryl methyl sites for hydroxylation is 2. The molecule has 0 unspecified atom stereocenters. The van der Waals surface area contributed by atoms with Crippen LogP contribution in [0, 0.1) is 6.92 Å². The molecule has 0 spiro atoms. The number of hydrogen-bond donors (Lipinski definition) is 0. The first-order valence-electron chi connectivity index (χ1n) is 4.80. The van der Waals surface area contributed by atoms with Crippen molar-refractivity contribution in [2.24, 2.45) is 7.05 Å². The zero-order valence-electron chi connectivity index (χ0n) is 8.85. The predicted octanol–water partition coefficient (Wildman–Crippen LogP) is 1.06. The van der Waals surface area contributed by atoms with E-state index in [9.17, 15) is 0 Å². The smallest absolute Gasteiger partial charge is 0.189 e. The van der Waals surface area contributed by atoms with Gasteiger partial charge >= 0.3 is 0 Å². The molecule has 0 aliphatic heterocycles. The fourth-order valence-corrected chi connectivity index (χ4v) is 2.05. The van der Waals surface area contributed by atoms with E-state index in [-0.39, 0.29) is 0 Å². The summed E-state index contributed by atoms with van der Waals surface area (Å²) in [7, 11) is 1.87. The van der Waals surface area contributed by atoms with Gasteiger partial charge in [0, 0.05) is 7.05 Å². The van der Waals surface area contributed by atoms with Gasteiger partial charge in [-0.05, 0) is 6.92 Å². The SMILES string of the molecule is Cc1nn(C)c2c1ncn1c(CCl)nnc21. The Morgan fingerprint density at radius 3 is 2.94 bits per heavy atom. The van der Waals surface area contributed by atoms with Gasteiger partial charge in [-0.15, -0.1) is 21.8 Å². The molecule has 0 amide bonds. The van der Waals surface area contributed by atoms with Gasteiger partial charge in [-0.1, -0.05) is 0 Å². The minimum absolute atomic E-state index is 0.311. The molecule has 82 valence electrons. The lowest BCUT2D eigenvalue weighted by Crippen LogP contribution is -1.96. The van der Waals surface area contributed by atoms with E-state index in [0.717, 1.165) is 22.4 Å². The quantitative estimate of drug-likeness (QED) is 0.593. The third-order valence-electron chi connectivity index (χ3n) is 2.59. The molecule has 3 rings (SSSR count). The van der Waals surface area contributed by atoms with Crippen LogP contribution < -0.4 is 0 Å². The molecule has 6 nitrogen and oxygen atoms in total. The average Bonchev–Trinajstić information content (AvgIpc) is 2.80. The summed E-state index contributed by atoms with van der Waals surface area (Å²) in [6, 6.07) is 0. The molecular weight excluding hydrogens is 228 g/mol. The first kappa shape index (κ1) is 9.53. The number of halogens is 1. The van der Waals surface area contributed by atoms with E-state index in [4.69, 9.17) is 11.6 Å². The van der Waals surface area contributed by atoms with Gasteiger partial charge in [-0.3, -0.25) is 9.08 Å². The Bertz CT molecular complexity index is 682. The van der Waals surface area contributed by atoms with E-state index in [1.54, 1.807) is 15.4 Å². The molecule has 3 aromatic rings. The Balaban J connectivity index is 2.54. The van der Waals surface area contributed by atoms with Gasteiger partial charge < -0.3 is 0 Å². The van der Waals surface area contributed by atoms with E-state index >= 15 is 0 Å². The molecule has 0 radical (unpaired) electrons. The highest BCUT2D eigenvalue weighted by atomic mass is 35.5. The monoisotopic (exact) mass is 236 g/mol. The molecule has 0 saturated heterocycles. The van der Waals surface area contributed by atoms with Crippen LogP contribution in [0.5, 0.6) is 0 Å². The van der Waals surface area contributed by atoms with Crippen molar-refractivity contribution in [3.8, 4) is 0 Å². The summed E-state index contributed by atoms with van der Waals surface area (Å²) in [6.07, 6.45) is 1.68. The second-order valence-electron chi connectivity index (χ2n) is 3.59. The fourth-order valence-electron chi connectivity index (χ4n) is 1.87. The number of hydrogen-bond acceptors (Lipinski definition) is 4. The summed E-state index contributed by atoms with van der Waals surface area (Å²) in [5.41, 5.74) is 3.35. The van der Waals surface area contributed by atoms with Gasteiger partial charge in [0.15, 0.2) is 11.5 Å². The van der Waals surface area contributed by atoms with Crippen LogP contribution in [-0.2, 0) is 12.9 Å². The average molecular weight is 237 g/mol. The third kappa shape index (κ3) is 1.07. The highest BCUT2D eigenvalue weighted by Crippen LogP contribution is 2.19. The number of alkyl halides is 1. The van der Waals surface area contributed by atoms with Crippen molar-refractivity contribution in [2.75, 3.05) is 0 Å². The second-order valence-corrected chi connectivity index (χ2v) is 3.86. The van der Waals surface area contributed by atoms with E-state index in [1.807, 2.05) is 14.0 Å². The molecular formula is C9H9ClN6. The zero-order valence-corrected chi connectivity index (χ0v) is 9.60. The van der Waals surface area contributed by atoms with Crippen LogP contribution >= 0.6 is 11.6 Å². The van der Waals surface area contributed by atoms with Crippen LogP contribution in [0.3, 0.4) is 0 Å². The molecule has 0 atom stereocenters. The first-order chi connectivity index (χ1) is 7.72.